The van der Waals surface area contributed by atoms with Gasteiger partial charge in [-0.1, -0.05) is 0 Å². The van der Waals surface area contributed by atoms with Crippen molar-refractivity contribution in [3.05, 3.63) is 16.3 Å². The summed E-state index contributed by atoms with van der Waals surface area (Å²) < 4.78 is 4.69. The number of rotatable bonds is 4. The summed E-state index contributed by atoms with van der Waals surface area (Å²) in [5.41, 5.74) is 0.523. The van der Waals surface area contributed by atoms with Gasteiger partial charge < -0.3 is 15.4 Å². The van der Waals surface area contributed by atoms with Crippen LogP contribution in [-0.4, -0.2) is 56.1 Å². The zero-order valence-electron chi connectivity index (χ0n) is 11.6. The van der Waals surface area contributed by atoms with Crippen molar-refractivity contribution >= 4 is 28.9 Å². The normalized spacial score (nSPS) is 19.6. The number of piperazine rings is 1. The van der Waals surface area contributed by atoms with Crippen LogP contribution < -0.4 is 10.6 Å². The number of thiophene rings is 1. The molecule has 1 fully saturated rings. The Balaban J connectivity index is 1.94. The second-order valence-corrected chi connectivity index (χ2v) is 5.64. The Labute approximate surface area is 122 Å². The number of methoxy groups -OCH3 is 1. The molecule has 1 aliphatic rings. The number of hydrogen-bond acceptors (Lipinski definition) is 6. The van der Waals surface area contributed by atoms with Gasteiger partial charge in [0.05, 0.1) is 19.3 Å². The van der Waals surface area contributed by atoms with Gasteiger partial charge in [-0.3, -0.25) is 9.69 Å². The Morgan fingerprint density at radius 1 is 1.60 bits per heavy atom. The van der Waals surface area contributed by atoms with Crippen LogP contribution in [0.15, 0.2) is 11.4 Å². The molecule has 1 aromatic heterocycles. The lowest BCUT2D eigenvalue weighted by molar-refractivity contribution is -0.118. The fourth-order valence-electron chi connectivity index (χ4n) is 2.15. The number of carbonyl (C=O) groups excluding carboxylic acids is 2. The molecule has 7 heteroatoms. The van der Waals surface area contributed by atoms with E-state index in [-0.39, 0.29) is 5.91 Å². The van der Waals surface area contributed by atoms with Gasteiger partial charge in [-0.25, -0.2) is 4.79 Å². The van der Waals surface area contributed by atoms with Gasteiger partial charge in [0, 0.05) is 25.7 Å². The lowest BCUT2D eigenvalue weighted by Crippen LogP contribution is -2.52. The standard InChI is InChI=1S/C13H19N3O3S/c1-9-7-14-4-5-16(9)8-11(17)15-10-3-6-20-12(10)13(18)19-2/h3,6,9,14H,4-5,7-8H2,1-2H3,(H,15,17). The molecule has 0 aliphatic carbocycles. The van der Waals surface area contributed by atoms with Crippen molar-refractivity contribution in [3.63, 3.8) is 0 Å². The molecule has 2 N–H and O–H groups in total. The highest BCUT2D eigenvalue weighted by atomic mass is 32.1. The van der Waals surface area contributed by atoms with Crippen LogP contribution in [0.1, 0.15) is 16.6 Å². The molecule has 1 unspecified atom stereocenters. The number of carbonyl (C=O) groups is 2. The molecule has 6 nitrogen and oxygen atoms in total. The van der Waals surface area contributed by atoms with Gasteiger partial charge >= 0.3 is 5.97 Å². The molecule has 2 rings (SSSR count). The van der Waals surface area contributed by atoms with Crippen LogP contribution in [0.4, 0.5) is 5.69 Å². The lowest BCUT2D eigenvalue weighted by Gasteiger charge is -2.33. The third-order valence-corrected chi connectivity index (χ3v) is 4.19. The van der Waals surface area contributed by atoms with E-state index in [4.69, 9.17) is 0 Å². The van der Waals surface area contributed by atoms with E-state index in [0.717, 1.165) is 19.6 Å². The second-order valence-electron chi connectivity index (χ2n) is 4.73. The van der Waals surface area contributed by atoms with Crippen molar-refractivity contribution in [2.45, 2.75) is 13.0 Å². The minimum absolute atomic E-state index is 0.109. The van der Waals surface area contributed by atoms with E-state index in [2.05, 4.69) is 27.2 Å². The maximum Gasteiger partial charge on any atom is 0.350 e. The van der Waals surface area contributed by atoms with Crippen molar-refractivity contribution in [1.82, 2.24) is 10.2 Å². The second kappa shape index (κ2) is 6.83. The third-order valence-electron chi connectivity index (χ3n) is 3.30. The Kier molecular flexibility index (Phi) is 5.11. The average molecular weight is 297 g/mol. The molecule has 2 heterocycles. The molecule has 1 saturated heterocycles. The molecule has 20 heavy (non-hydrogen) atoms. The highest BCUT2D eigenvalue weighted by Gasteiger charge is 2.21. The fraction of sp³-hybridized carbons (Fsp3) is 0.538. The average Bonchev–Trinajstić information content (AvgIpc) is 2.88. The summed E-state index contributed by atoms with van der Waals surface area (Å²) in [6.07, 6.45) is 0. The quantitative estimate of drug-likeness (QED) is 0.803. The van der Waals surface area contributed by atoms with E-state index in [9.17, 15) is 9.59 Å². The molecule has 1 atom stereocenters. The van der Waals surface area contributed by atoms with Gasteiger partial charge in [0.1, 0.15) is 4.88 Å². The largest absolute Gasteiger partial charge is 0.465 e. The summed E-state index contributed by atoms with van der Waals surface area (Å²) in [6.45, 7) is 5.05. The molecule has 0 bridgehead atoms. The van der Waals surface area contributed by atoms with E-state index in [0.29, 0.717) is 23.2 Å². The maximum absolute atomic E-state index is 12.1. The highest BCUT2D eigenvalue weighted by molar-refractivity contribution is 7.12. The number of anilines is 1. The van der Waals surface area contributed by atoms with E-state index >= 15 is 0 Å². The zero-order chi connectivity index (χ0) is 14.5. The SMILES string of the molecule is COC(=O)c1sccc1NC(=O)CN1CCNCC1C. The van der Waals surface area contributed by atoms with E-state index in [1.807, 2.05) is 0 Å². The molecular weight excluding hydrogens is 278 g/mol. The molecule has 110 valence electrons. The van der Waals surface area contributed by atoms with Gasteiger partial charge in [-0.15, -0.1) is 11.3 Å². The van der Waals surface area contributed by atoms with Gasteiger partial charge in [0.15, 0.2) is 0 Å². The predicted molar refractivity (Wildman–Crippen MR) is 78.2 cm³/mol. The number of ether oxygens (including phenoxy) is 1. The van der Waals surface area contributed by atoms with Crippen LogP contribution in [0.3, 0.4) is 0 Å². The van der Waals surface area contributed by atoms with Crippen molar-refractivity contribution in [2.24, 2.45) is 0 Å². The van der Waals surface area contributed by atoms with Crippen molar-refractivity contribution in [1.29, 1.82) is 0 Å². The van der Waals surface area contributed by atoms with E-state index < -0.39 is 5.97 Å². The van der Waals surface area contributed by atoms with E-state index in [1.54, 1.807) is 11.4 Å². The summed E-state index contributed by atoms with van der Waals surface area (Å²) in [5, 5.41) is 7.82. The van der Waals surface area contributed by atoms with Crippen LogP contribution in [0.25, 0.3) is 0 Å². The monoisotopic (exact) mass is 297 g/mol. The number of nitrogens with zero attached hydrogens (tertiary/aromatic N) is 1. The third kappa shape index (κ3) is 3.56. The smallest absolute Gasteiger partial charge is 0.350 e. The maximum atomic E-state index is 12.1. The molecule has 1 aliphatic heterocycles. The summed E-state index contributed by atoms with van der Waals surface area (Å²) in [7, 11) is 1.33. The van der Waals surface area contributed by atoms with Gasteiger partial charge in [-0.2, -0.15) is 0 Å². The molecule has 1 amide bonds. The number of esters is 1. The fourth-order valence-corrected chi connectivity index (χ4v) is 2.92. The van der Waals surface area contributed by atoms with Crippen LogP contribution >= 0.6 is 11.3 Å². The van der Waals surface area contributed by atoms with Gasteiger partial charge in [-0.05, 0) is 18.4 Å². The predicted octanol–water partition coefficient (Wildman–Crippen LogP) is 0.767. The Bertz CT molecular complexity index is 489. The summed E-state index contributed by atoms with van der Waals surface area (Å²) in [5.74, 6) is -0.534. The molecule has 1 aromatic rings. The number of nitrogens with one attached hydrogen (secondary N) is 2. The first-order valence-electron chi connectivity index (χ1n) is 6.52. The number of hydrogen-bond donors (Lipinski definition) is 2. The highest BCUT2D eigenvalue weighted by Crippen LogP contribution is 2.23. The lowest BCUT2D eigenvalue weighted by atomic mass is 10.2. The summed E-state index contributed by atoms with van der Waals surface area (Å²) in [6, 6.07) is 2.05. The summed E-state index contributed by atoms with van der Waals surface area (Å²) >= 11 is 1.26. The van der Waals surface area contributed by atoms with Crippen LogP contribution in [0, 0.1) is 0 Å². The topological polar surface area (TPSA) is 70.7 Å². The molecule has 0 saturated carbocycles. The first-order valence-corrected chi connectivity index (χ1v) is 7.40. The molecule has 0 spiro atoms. The van der Waals surface area contributed by atoms with E-state index in [1.165, 1.54) is 18.4 Å². The summed E-state index contributed by atoms with van der Waals surface area (Å²) in [4.78, 5) is 26.2. The molecule has 0 radical (unpaired) electrons. The zero-order valence-corrected chi connectivity index (χ0v) is 12.5. The van der Waals surface area contributed by atoms with Crippen LogP contribution in [0.5, 0.6) is 0 Å². The minimum Gasteiger partial charge on any atom is -0.465 e. The van der Waals surface area contributed by atoms with Crippen molar-refractivity contribution < 1.29 is 14.3 Å². The van der Waals surface area contributed by atoms with Gasteiger partial charge in [0.2, 0.25) is 5.91 Å². The minimum atomic E-state index is -0.425. The molecular formula is C13H19N3O3S. The Morgan fingerprint density at radius 3 is 3.10 bits per heavy atom. The first-order chi connectivity index (χ1) is 9.61. The Hall–Kier alpha value is -1.44. The van der Waals surface area contributed by atoms with Crippen LogP contribution in [-0.2, 0) is 9.53 Å². The molecule has 0 aromatic carbocycles. The van der Waals surface area contributed by atoms with Gasteiger partial charge in [0.25, 0.3) is 0 Å². The first kappa shape index (κ1) is 15.0. The number of amides is 1. The Morgan fingerprint density at radius 2 is 2.40 bits per heavy atom. The van der Waals surface area contributed by atoms with Crippen LogP contribution in [0.2, 0.25) is 0 Å². The van der Waals surface area contributed by atoms with Crippen molar-refractivity contribution in [2.75, 3.05) is 38.6 Å². The van der Waals surface area contributed by atoms with Crippen molar-refractivity contribution in [3.8, 4) is 0 Å².